The predicted octanol–water partition coefficient (Wildman–Crippen LogP) is 2.45. The highest BCUT2D eigenvalue weighted by atomic mass is 32.1. The summed E-state index contributed by atoms with van der Waals surface area (Å²) in [6.45, 7) is 2.53. The molecule has 0 aliphatic carbocycles. The molecule has 0 aliphatic rings. The van der Waals surface area contributed by atoms with Crippen molar-refractivity contribution in [3.05, 3.63) is 35.3 Å². The highest BCUT2D eigenvalue weighted by Gasteiger charge is 1.99. The van der Waals surface area contributed by atoms with Crippen LogP contribution < -0.4 is 5.32 Å². The minimum Gasteiger partial charge on any atom is -0.353 e. The molecule has 0 fully saturated rings. The Morgan fingerprint density at radius 1 is 1.50 bits per heavy atom. The van der Waals surface area contributed by atoms with Gasteiger partial charge in [-0.1, -0.05) is 12.1 Å². The molecular formula is C12H12N2OS. The molecule has 0 atom stereocenters. The van der Waals surface area contributed by atoms with Crippen molar-refractivity contribution in [1.29, 1.82) is 0 Å². The number of benzene rings is 1. The van der Waals surface area contributed by atoms with Crippen molar-refractivity contribution in [3.63, 3.8) is 0 Å². The number of carbonyl (C=O) groups excluding carboxylic acids is 1. The summed E-state index contributed by atoms with van der Waals surface area (Å²) in [5, 5.41) is 3.55. The number of hydrogen-bond donors (Lipinski definition) is 1. The van der Waals surface area contributed by atoms with Gasteiger partial charge in [-0.25, -0.2) is 4.98 Å². The van der Waals surface area contributed by atoms with Crippen LogP contribution in [0.1, 0.15) is 11.9 Å². The zero-order valence-corrected chi connectivity index (χ0v) is 9.75. The number of amides is 1. The molecule has 0 saturated carbocycles. The van der Waals surface area contributed by atoms with Crippen LogP contribution in [0.25, 0.3) is 16.3 Å². The molecule has 0 saturated heterocycles. The van der Waals surface area contributed by atoms with E-state index in [4.69, 9.17) is 0 Å². The van der Waals surface area contributed by atoms with Crippen LogP contribution in [0.5, 0.6) is 0 Å². The Morgan fingerprint density at radius 3 is 3.06 bits per heavy atom. The molecule has 1 aromatic heterocycles. The van der Waals surface area contributed by atoms with Gasteiger partial charge in [-0.15, -0.1) is 11.3 Å². The second-order valence-electron chi connectivity index (χ2n) is 3.25. The highest BCUT2D eigenvalue weighted by Crippen LogP contribution is 2.22. The van der Waals surface area contributed by atoms with E-state index in [1.54, 1.807) is 17.4 Å². The highest BCUT2D eigenvalue weighted by molar-refractivity contribution is 7.19. The Morgan fingerprint density at radius 2 is 2.31 bits per heavy atom. The number of para-hydroxylation sites is 1. The van der Waals surface area contributed by atoms with Crippen LogP contribution in [-0.2, 0) is 4.79 Å². The Labute approximate surface area is 97.8 Å². The number of hydrogen-bond acceptors (Lipinski definition) is 3. The van der Waals surface area contributed by atoms with Crippen molar-refractivity contribution >= 4 is 33.5 Å². The quantitative estimate of drug-likeness (QED) is 0.826. The van der Waals surface area contributed by atoms with E-state index in [1.165, 1.54) is 6.08 Å². The van der Waals surface area contributed by atoms with Gasteiger partial charge in [-0.2, -0.15) is 0 Å². The summed E-state index contributed by atoms with van der Waals surface area (Å²) in [5.74, 6) is -0.0817. The molecule has 82 valence electrons. The lowest BCUT2D eigenvalue weighted by Gasteiger charge is -1.92. The monoisotopic (exact) mass is 232 g/mol. The smallest absolute Gasteiger partial charge is 0.244 e. The molecule has 4 heteroatoms. The summed E-state index contributed by atoms with van der Waals surface area (Å²) in [5.41, 5.74) is 0.975. The number of aromatic nitrogens is 1. The first kappa shape index (κ1) is 10.8. The van der Waals surface area contributed by atoms with E-state index in [9.17, 15) is 4.79 Å². The minimum atomic E-state index is -0.0817. The summed E-state index contributed by atoms with van der Waals surface area (Å²) < 4.78 is 1.14. The average molecular weight is 232 g/mol. The number of carbonyl (C=O) groups is 1. The van der Waals surface area contributed by atoms with E-state index < -0.39 is 0 Å². The van der Waals surface area contributed by atoms with Gasteiger partial charge in [0.15, 0.2) is 0 Å². The van der Waals surface area contributed by atoms with Crippen LogP contribution in [0, 0.1) is 0 Å². The van der Waals surface area contributed by atoms with Crippen molar-refractivity contribution in [2.24, 2.45) is 0 Å². The molecule has 0 bridgehead atoms. The summed E-state index contributed by atoms with van der Waals surface area (Å²) in [6.07, 6.45) is 3.26. The molecule has 2 aromatic rings. The van der Waals surface area contributed by atoms with Gasteiger partial charge >= 0.3 is 0 Å². The molecule has 1 heterocycles. The lowest BCUT2D eigenvalue weighted by Crippen LogP contribution is -2.19. The maximum atomic E-state index is 11.2. The van der Waals surface area contributed by atoms with E-state index in [-0.39, 0.29) is 5.91 Å². The van der Waals surface area contributed by atoms with Gasteiger partial charge in [0.05, 0.1) is 10.2 Å². The third-order valence-electron chi connectivity index (χ3n) is 2.04. The molecule has 16 heavy (non-hydrogen) atoms. The van der Waals surface area contributed by atoms with Gasteiger partial charge in [0.1, 0.15) is 5.01 Å². The second-order valence-corrected chi connectivity index (χ2v) is 4.31. The van der Waals surface area contributed by atoms with E-state index in [0.29, 0.717) is 6.54 Å². The van der Waals surface area contributed by atoms with Crippen LogP contribution in [0.2, 0.25) is 0 Å². The van der Waals surface area contributed by atoms with Gasteiger partial charge < -0.3 is 5.32 Å². The Kier molecular flexibility index (Phi) is 3.31. The normalized spacial score (nSPS) is 11.1. The molecule has 0 radical (unpaired) electrons. The Hall–Kier alpha value is -1.68. The third kappa shape index (κ3) is 2.46. The van der Waals surface area contributed by atoms with Gasteiger partial charge in [0.25, 0.3) is 0 Å². The molecule has 0 spiro atoms. The van der Waals surface area contributed by atoms with Crippen LogP contribution in [-0.4, -0.2) is 17.4 Å². The van der Waals surface area contributed by atoms with E-state index in [2.05, 4.69) is 10.3 Å². The van der Waals surface area contributed by atoms with Crippen LogP contribution in [0.15, 0.2) is 30.3 Å². The number of fused-ring (bicyclic) bond motifs is 1. The van der Waals surface area contributed by atoms with Crippen molar-refractivity contribution in [3.8, 4) is 0 Å². The van der Waals surface area contributed by atoms with Gasteiger partial charge in [-0.3, -0.25) is 4.79 Å². The fraction of sp³-hybridized carbons (Fsp3) is 0.167. The molecule has 0 unspecified atom stereocenters. The van der Waals surface area contributed by atoms with Crippen molar-refractivity contribution in [1.82, 2.24) is 10.3 Å². The SMILES string of the molecule is CCNC(=O)C=Cc1nc2ccccc2s1. The van der Waals surface area contributed by atoms with Crippen molar-refractivity contribution in [2.45, 2.75) is 6.92 Å². The Balaban J connectivity index is 2.18. The standard InChI is InChI=1S/C12H12N2OS/c1-2-13-11(15)7-8-12-14-9-5-3-4-6-10(9)16-12/h3-8H,2H2,1H3,(H,13,15). The Bertz CT molecular complexity index is 498. The van der Waals surface area contributed by atoms with E-state index in [0.717, 1.165) is 15.2 Å². The first-order valence-corrected chi connectivity index (χ1v) is 5.92. The molecule has 1 N–H and O–H groups in total. The van der Waals surface area contributed by atoms with Gasteiger partial charge in [0, 0.05) is 12.6 Å². The maximum absolute atomic E-state index is 11.2. The minimum absolute atomic E-state index is 0.0817. The molecule has 2 rings (SSSR count). The van der Waals surface area contributed by atoms with E-state index in [1.807, 2.05) is 31.2 Å². The molecule has 0 aliphatic heterocycles. The number of nitrogens with zero attached hydrogens (tertiary/aromatic N) is 1. The predicted molar refractivity (Wildman–Crippen MR) is 67.3 cm³/mol. The third-order valence-corrected chi connectivity index (χ3v) is 3.04. The topological polar surface area (TPSA) is 42.0 Å². The summed E-state index contributed by atoms with van der Waals surface area (Å²) in [4.78, 5) is 15.6. The molecular weight excluding hydrogens is 220 g/mol. The number of nitrogens with one attached hydrogen (secondary N) is 1. The number of rotatable bonds is 3. The first-order chi connectivity index (χ1) is 7.79. The van der Waals surface area contributed by atoms with Crippen LogP contribution >= 0.6 is 11.3 Å². The summed E-state index contributed by atoms with van der Waals surface area (Å²) >= 11 is 1.58. The lowest BCUT2D eigenvalue weighted by molar-refractivity contribution is -0.116. The summed E-state index contributed by atoms with van der Waals surface area (Å²) in [7, 11) is 0. The average Bonchev–Trinajstić information content (AvgIpc) is 2.69. The van der Waals surface area contributed by atoms with Crippen LogP contribution in [0.3, 0.4) is 0 Å². The maximum Gasteiger partial charge on any atom is 0.244 e. The molecule has 3 nitrogen and oxygen atoms in total. The van der Waals surface area contributed by atoms with Crippen molar-refractivity contribution in [2.75, 3.05) is 6.54 Å². The van der Waals surface area contributed by atoms with Crippen LogP contribution in [0.4, 0.5) is 0 Å². The second kappa shape index (κ2) is 4.90. The summed E-state index contributed by atoms with van der Waals surface area (Å²) in [6, 6.07) is 7.93. The fourth-order valence-electron chi connectivity index (χ4n) is 1.34. The van der Waals surface area contributed by atoms with Gasteiger partial charge in [-0.05, 0) is 25.1 Å². The zero-order valence-electron chi connectivity index (χ0n) is 8.93. The largest absolute Gasteiger partial charge is 0.353 e. The molecule has 1 aromatic carbocycles. The van der Waals surface area contributed by atoms with Gasteiger partial charge in [0.2, 0.25) is 5.91 Å². The lowest BCUT2D eigenvalue weighted by atomic mass is 10.3. The zero-order chi connectivity index (χ0) is 11.4. The van der Waals surface area contributed by atoms with E-state index >= 15 is 0 Å². The first-order valence-electron chi connectivity index (χ1n) is 5.11. The molecule has 1 amide bonds. The number of thiazole rings is 1. The number of likely N-dealkylation sites (N-methyl/N-ethyl adjacent to an activating group) is 1. The van der Waals surface area contributed by atoms with Crippen molar-refractivity contribution < 1.29 is 4.79 Å². The fourth-order valence-corrected chi connectivity index (χ4v) is 2.21.